The number of benzene rings is 1. The summed E-state index contributed by atoms with van der Waals surface area (Å²) < 4.78 is 46.0. The van der Waals surface area contributed by atoms with Gasteiger partial charge in [0, 0.05) is 0 Å². The number of carbonyl (C=O) groups excluding carboxylic acids is 1. The second kappa shape index (κ2) is 8.00. The Bertz CT molecular complexity index is 824. The van der Waals surface area contributed by atoms with Crippen LogP contribution >= 0.6 is 0 Å². The second-order valence-electron chi connectivity index (χ2n) is 6.98. The Hall–Kier alpha value is -1.90. The number of fused-ring (bicyclic) bond motifs is 2. The predicted octanol–water partition coefficient (Wildman–Crippen LogP) is 3.12. The average Bonchev–Trinajstić information content (AvgIpc) is 3.19. The van der Waals surface area contributed by atoms with Gasteiger partial charge in [0.15, 0.2) is 0 Å². The zero-order chi connectivity index (χ0) is 19.6. The van der Waals surface area contributed by atoms with Crippen LogP contribution in [-0.2, 0) is 28.5 Å². The van der Waals surface area contributed by atoms with Gasteiger partial charge in [-0.25, -0.2) is 4.79 Å². The molecular formula is C19H24O7S. The van der Waals surface area contributed by atoms with Crippen molar-refractivity contribution in [3.05, 3.63) is 41.0 Å². The van der Waals surface area contributed by atoms with E-state index in [-0.39, 0.29) is 36.4 Å². The van der Waals surface area contributed by atoms with Crippen LogP contribution in [-0.4, -0.2) is 46.1 Å². The molecule has 0 aliphatic carbocycles. The first-order chi connectivity index (χ1) is 12.8. The molecule has 0 radical (unpaired) electrons. The Morgan fingerprint density at radius 1 is 1.11 bits per heavy atom. The van der Waals surface area contributed by atoms with Crippen molar-refractivity contribution in [1.82, 2.24) is 0 Å². The molecule has 0 saturated carbocycles. The average molecular weight is 396 g/mol. The lowest BCUT2D eigenvalue weighted by molar-refractivity contribution is 0.0363. The normalized spacial score (nSPS) is 21.8. The van der Waals surface area contributed by atoms with Crippen molar-refractivity contribution in [2.75, 3.05) is 13.2 Å². The highest BCUT2D eigenvalue weighted by Gasteiger charge is 2.41. The molecular weight excluding hydrogens is 372 g/mol. The minimum absolute atomic E-state index is 0.00991. The van der Waals surface area contributed by atoms with Gasteiger partial charge in [0.25, 0.3) is 10.1 Å². The van der Waals surface area contributed by atoms with Crippen molar-refractivity contribution in [2.45, 2.75) is 56.8 Å². The van der Waals surface area contributed by atoms with E-state index in [1.807, 2.05) is 6.92 Å². The van der Waals surface area contributed by atoms with Crippen LogP contribution in [0.1, 0.15) is 32.3 Å². The van der Waals surface area contributed by atoms with E-state index in [1.54, 1.807) is 26.0 Å². The van der Waals surface area contributed by atoms with Crippen LogP contribution in [0.3, 0.4) is 0 Å². The minimum atomic E-state index is -3.87. The molecule has 2 heterocycles. The Kier molecular flexibility index (Phi) is 5.88. The quantitative estimate of drug-likeness (QED) is 0.397. The molecule has 7 nitrogen and oxygen atoms in total. The van der Waals surface area contributed by atoms with Gasteiger partial charge in [-0.3, -0.25) is 4.18 Å². The third-order valence-corrected chi connectivity index (χ3v) is 5.84. The Morgan fingerprint density at radius 3 is 2.30 bits per heavy atom. The third kappa shape index (κ3) is 4.69. The van der Waals surface area contributed by atoms with Gasteiger partial charge in [-0.05, 0) is 56.9 Å². The first-order valence-electron chi connectivity index (χ1n) is 8.93. The molecule has 27 heavy (non-hydrogen) atoms. The lowest BCUT2D eigenvalue weighted by Gasteiger charge is -2.17. The number of carbonyl (C=O) groups is 1. The maximum absolute atomic E-state index is 12.4. The van der Waals surface area contributed by atoms with Gasteiger partial charge in [-0.15, -0.1) is 0 Å². The van der Waals surface area contributed by atoms with Crippen LogP contribution in [0.5, 0.6) is 0 Å². The first kappa shape index (κ1) is 19.9. The smallest absolute Gasteiger partial charge is 0.432 e. The highest BCUT2D eigenvalue weighted by Crippen LogP contribution is 2.39. The molecule has 3 rings (SSSR count). The van der Waals surface area contributed by atoms with E-state index in [2.05, 4.69) is 0 Å². The van der Waals surface area contributed by atoms with E-state index in [0.717, 1.165) is 29.6 Å². The maximum atomic E-state index is 12.4. The van der Waals surface area contributed by atoms with Crippen LogP contribution in [0.15, 0.2) is 40.3 Å². The summed E-state index contributed by atoms with van der Waals surface area (Å²) in [5.74, 6) is 0. The van der Waals surface area contributed by atoms with Crippen molar-refractivity contribution in [1.29, 1.82) is 0 Å². The zero-order valence-electron chi connectivity index (χ0n) is 15.6. The molecule has 1 saturated heterocycles. The Balaban J connectivity index is 1.68. The van der Waals surface area contributed by atoms with E-state index in [0.29, 0.717) is 0 Å². The van der Waals surface area contributed by atoms with E-state index >= 15 is 0 Å². The third-order valence-electron chi connectivity index (χ3n) is 4.57. The maximum Gasteiger partial charge on any atom is 0.508 e. The Labute approximate surface area is 159 Å². The molecule has 2 aliphatic heterocycles. The Morgan fingerprint density at radius 2 is 1.70 bits per heavy atom. The number of hydrogen-bond acceptors (Lipinski definition) is 7. The fourth-order valence-electron chi connectivity index (χ4n) is 3.21. The van der Waals surface area contributed by atoms with Gasteiger partial charge in [-0.2, -0.15) is 8.42 Å². The highest BCUT2D eigenvalue weighted by atomic mass is 32.2. The van der Waals surface area contributed by atoms with E-state index in [4.69, 9.17) is 18.4 Å². The van der Waals surface area contributed by atoms with Crippen molar-refractivity contribution >= 4 is 16.3 Å². The largest absolute Gasteiger partial charge is 0.508 e. The minimum Gasteiger partial charge on any atom is -0.432 e. The van der Waals surface area contributed by atoms with Crippen LogP contribution in [0, 0.1) is 6.92 Å². The summed E-state index contributed by atoms with van der Waals surface area (Å²) >= 11 is 0. The highest BCUT2D eigenvalue weighted by molar-refractivity contribution is 7.86. The van der Waals surface area contributed by atoms with E-state index < -0.39 is 16.3 Å². The van der Waals surface area contributed by atoms with Crippen molar-refractivity contribution in [3.8, 4) is 0 Å². The van der Waals surface area contributed by atoms with Gasteiger partial charge in [-0.1, -0.05) is 17.7 Å². The second-order valence-corrected chi connectivity index (χ2v) is 8.59. The van der Waals surface area contributed by atoms with Crippen LogP contribution in [0.25, 0.3) is 0 Å². The predicted molar refractivity (Wildman–Crippen MR) is 96.8 cm³/mol. The van der Waals surface area contributed by atoms with Crippen LogP contribution in [0.4, 0.5) is 4.79 Å². The summed E-state index contributed by atoms with van der Waals surface area (Å²) in [4.78, 5) is 11.7. The van der Waals surface area contributed by atoms with Gasteiger partial charge in [0.05, 0.1) is 29.8 Å². The summed E-state index contributed by atoms with van der Waals surface area (Å²) in [6.45, 7) is 5.24. The SMILES string of the molecule is Cc1ccc(S(=O)(=O)OCC2=C(COC(=O)OC(C)C)C3CCC2O3)cc1. The van der Waals surface area contributed by atoms with Crippen molar-refractivity contribution in [3.63, 3.8) is 0 Å². The standard InChI is InChI=1S/C19H24O7S/c1-12(2)25-19(20)23-10-15-16(18-9-8-17(15)26-18)11-24-27(21,22)14-6-4-13(3)5-7-14/h4-7,12,17-18H,8-11H2,1-3H3. The molecule has 1 aromatic rings. The van der Waals surface area contributed by atoms with Gasteiger partial charge >= 0.3 is 6.16 Å². The molecule has 1 fully saturated rings. The molecule has 0 N–H and O–H groups in total. The fraction of sp³-hybridized carbons (Fsp3) is 0.526. The fourth-order valence-corrected chi connectivity index (χ4v) is 4.10. The lowest BCUT2D eigenvalue weighted by atomic mass is 9.93. The molecule has 2 aliphatic rings. The van der Waals surface area contributed by atoms with Crippen molar-refractivity contribution < 1.29 is 31.6 Å². The summed E-state index contributed by atoms with van der Waals surface area (Å²) in [7, 11) is -3.87. The molecule has 0 aromatic heterocycles. The monoisotopic (exact) mass is 396 g/mol. The molecule has 148 valence electrons. The first-order valence-corrected chi connectivity index (χ1v) is 10.3. The molecule has 0 spiro atoms. The number of aryl methyl sites for hydroxylation is 1. The number of rotatable bonds is 7. The van der Waals surface area contributed by atoms with Crippen molar-refractivity contribution in [2.24, 2.45) is 0 Å². The summed E-state index contributed by atoms with van der Waals surface area (Å²) in [5.41, 5.74) is 2.47. The van der Waals surface area contributed by atoms with Gasteiger partial charge in [0.1, 0.15) is 6.61 Å². The molecule has 2 atom stereocenters. The van der Waals surface area contributed by atoms with Gasteiger partial charge < -0.3 is 14.2 Å². The summed E-state index contributed by atoms with van der Waals surface area (Å²) in [5, 5.41) is 0. The zero-order valence-corrected chi connectivity index (χ0v) is 16.5. The van der Waals surface area contributed by atoms with Gasteiger partial charge in [0.2, 0.25) is 0 Å². The molecule has 2 bridgehead atoms. The molecule has 1 aromatic carbocycles. The number of ether oxygens (including phenoxy) is 3. The summed E-state index contributed by atoms with van der Waals surface area (Å²) in [6, 6.07) is 6.47. The van der Waals surface area contributed by atoms with E-state index in [1.165, 1.54) is 12.1 Å². The van der Waals surface area contributed by atoms with Crippen LogP contribution < -0.4 is 0 Å². The summed E-state index contributed by atoms with van der Waals surface area (Å²) in [6.07, 6.45) is 0.230. The lowest BCUT2D eigenvalue weighted by Crippen LogP contribution is -2.21. The molecule has 2 unspecified atom stereocenters. The van der Waals surface area contributed by atoms with E-state index in [9.17, 15) is 13.2 Å². The topological polar surface area (TPSA) is 88.1 Å². The molecule has 8 heteroatoms. The molecule has 0 amide bonds. The number of hydrogen-bond donors (Lipinski definition) is 0. The van der Waals surface area contributed by atoms with Crippen LogP contribution in [0.2, 0.25) is 0 Å².